The molecule has 2 heterocycles. The molecule has 0 bridgehead atoms. The summed E-state index contributed by atoms with van der Waals surface area (Å²) in [6.07, 6.45) is 8.99. The van der Waals surface area contributed by atoms with Crippen LogP contribution in [0.4, 0.5) is 4.79 Å². The van der Waals surface area contributed by atoms with Gasteiger partial charge in [-0.15, -0.1) is 0 Å². The van der Waals surface area contributed by atoms with E-state index in [2.05, 4.69) is 48.0 Å². The summed E-state index contributed by atoms with van der Waals surface area (Å²) in [5.74, 6) is 0. The Labute approximate surface area is 163 Å². The van der Waals surface area contributed by atoms with Gasteiger partial charge in [-0.3, -0.25) is 4.90 Å². The van der Waals surface area contributed by atoms with Crippen molar-refractivity contribution < 1.29 is 14.3 Å². The zero-order valence-electron chi connectivity index (χ0n) is 15.2. The molecule has 1 aromatic carbocycles. The fourth-order valence-electron chi connectivity index (χ4n) is 3.94. The SMILES string of the molecule is C[C@@H](c1ccc(Br)cc1)N1CC(CC2(C)CO2)(C2=CCCC=C2)OC1=O. The zero-order valence-corrected chi connectivity index (χ0v) is 16.8. The number of ether oxygens (including phenoxy) is 2. The molecule has 2 fully saturated rings. The van der Waals surface area contributed by atoms with Crippen LogP contribution in [-0.4, -0.2) is 35.3 Å². The summed E-state index contributed by atoms with van der Waals surface area (Å²) in [6, 6.07) is 8.07. The van der Waals surface area contributed by atoms with Gasteiger partial charge >= 0.3 is 6.09 Å². The van der Waals surface area contributed by atoms with Crippen molar-refractivity contribution in [1.29, 1.82) is 0 Å². The van der Waals surface area contributed by atoms with Gasteiger partial charge in [0.15, 0.2) is 5.60 Å². The lowest BCUT2D eigenvalue weighted by Crippen LogP contribution is -2.41. The zero-order chi connectivity index (χ0) is 18.4. The number of nitrogens with zero attached hydrogens (tertiary/aromatic N) is 1. The number of cyclic esters (lactones) is 1. The van der Waals surface area contributed by atoms with E-state index in [1.807, 2.05) is 29.2 Å². The minimum absolute atomic E-state index is 0.0430. The Balaban J connectivity index is 1.62. The van der Waals surface area contributed by atoms with Gasteiger partial charge in [-0.25, -0.2) is 4.79 Å². The number of hydrogen-bond donors (Lipinski definition) is 0. The van der Waals surface area contributed by atoms with Gasteiger partial charge in [0.2, 0.25) is 0 Å². The van der Waals surface area contributed by atoms with E-state index in [1.54, 1.807) is 0 Å². The highest BCUT2D eigenvalue weighted by Gasteiger charge is 2.56. The maximum atomic E-state index is 12.8. The summed E-state index contributed by atoms with van der Waals surface area (Å²) in [5, 5.41) is 0. The number of hydrogen-bond acceptors (Lipinski definition) is 3. The van der Waals surface area contributed by atoms with Crippen LogP contribution >= 0.6 is 15.9 Å². The molecular weight excluding hydrogens is 394 g/mol. The summed E-state index contributed by atoms with van der Waals surface area (Å²) in [5.41, 5.74) is 1.40. The number of benzene rings is 1. The van der Waals surface area contributed by atoms with E-state index < -0.39 is 5.60 Å². The van der Waals surface area contributed by atoms with Crippen molar-refractivity contribution in [2.75, 3.05) is 13.2 Å². The predicted molar refractivity (Wildman–Crippen MR) is 104 cm³/mol. The minimum Gasteiger partial charge on any atom is -0.436 e. The summed E-state index contributed by atoms with van der Waals surface area (Å²) in [4.78, 5) is 14.7. The van der Waals surface area contributed by atoms with Crippen molar-refractivity contribution in [2.45, 2.75) is 50.4 Å². The lowest BCUT2D eigenvalue weighted by atomic mass is 9.82. The van der Waals surface area contributed by atoms with Crippen LogP contribution in [0.1, 0.15) is 44.7 Å². The number of rotatable bonds is 5. The second kappa shape index (κ2) is 6.54. The molecule has 5 heteroatoms. The molecule has 2 aliphatic heterocycles. The van der Waals surface area contributed by atoms with Gasteiger partial charge in [-0.1, -0.05) is 46.3 Å². The highest BCUT2D eigenvalue weighted by atomic mass is 79.9. The number of halogens is 1. The molecule has 4 nitrogen and oxygen atoms in total. The number of amides is 1. The van der Waals surface area contributed by atoms with Crippen LogP contribution in [0, 0.1) is 0 Å². The summed E-state index contributed by atoms with van der Waals surface area (Å²) >= 11 is 3.47. The van der Waals surface area contributed by atoms with E-state index in [0.29, 0.717) is 13.0 Å². The summed E-state index contributed by atoms with van der Waals surface area (Å²) < 4.78 is 12.7. The first kappa shape index (κ1) is 17.8. The van der Waals surface area contributed by atoms with Crippen molar-refractivity contribution in [3.63, 3.8) is 0 Å². The maximum Gasteiger partial charge on any atom is 0.411 e. The van der Waals surface area contributed by atoms with E-state index in [4.69, 9.17) is 9.47 Å². The largest absolute Gasteiger partial charge is 0.436 e. The van der Waals surface area contributed by atoms with Crippen LogP contribution in [0.2, 0.25) is 0 Å². The number of carbonyl (C=O) groups is 1. The van der Waals surface area contributed by atoms with E-state index >= 15 is 0 Å². The first-order valence-corrected chi connectivity index (χ1v) is 9.96. The van der Waals surface area contributed by atoms with Crippen molar-refractivity contribution in [1.82, 2.24) is 4.90 Å². The van der Waals surface area contributed by atoms with Gasteiger partial charge in [-0.2, -0.15) is 0 Å². The van der Waals surface area contributed by atoms with Crippen LogP contribution in [0.25, 0.3) is 0 Å². The Morgan fingerprint density at radius 3 is 2.62 bits per heavy atom. The van der Waals surface area contributed by atoms with E-state index in [1.165, 1.54) is 0 Å². The minimum atomic E-state index is -0.622. The molecule has 26 heavy (non-hydrogen) atoms. The van der Waals surface area contributed by atoms with Crippen molar-refractivity contribution in [3.8, 4) is 0 Å². The topological polar surface area (TPSA) is 42.1 Å². The molecule has 0 N–H and O–H groups in total. The number of carbonyl (C=O) groups excluding carboxylic acids is 1. The van der Waals surface area contributed by atoms with E-state index in [-0.39, 0.29) is 17.7 Å². The third-order valence-corrected chi connectivity index (χ3v) is 6.11. The van der Waals surface area contributed by atoms with Crippen molar-refractivity contribution >= 4 is 22.0 Å². The fourth-order valence-corrected chi connectivity index (χ4v) is 4.20. The molecular formula is C21H24BrNO3. The average molecular weight is 418 g/mol. The third-order valence-electron chi connectivity index (χ3n) is 5.58. The Kier molecular flexibility index (Phi) is 4.48. The quantitative estimate of drug-likeness (QED) is 0.621. The molecule has 1 aliphatic carbocycles. The molecule has 0 aromatic heterocycles. The van der Waals surface area contributed by atoms with E-state index in [0.717, 1.165) is 35.1 Å². The molecule has 2 unspecified atom stereocenters. The predicted octanol–water partition coefficient (Wildman–Crippen LogP) is 5.16. The number of epoxide rings is 1. The first-order chi connectivity index (χ1) is 12.4. The molecule has 0 saturated carbocycles. The van der Waals surface area contributed by atoms with Crippen LogP contribution in [0.5, 0.6) is 0 Å². The molecule has 2 saturated heterocycles. The van der Waals surface area contributed by atoms with Gasteiger partial charge in [0, 0.05) is 10.9 Å². The lowest BCUT2D eigenvalue weighted by Gasteiger charge is -2.32. The highest BCUT2D eigenvalue weighted by molar-refractivity contribution is 9.10. The molecule has 3 atom stereocenters. The van der Waals surface area contributed by atoms with E-state index in [9.17, 15) is 4.79 Å². The molecule has 3 aliphatic rings. The first-order valence-electron chi connectivity index (χ1n) is 9.17. The smallest absolute Gasteiger partial charge is 0.411 e. The van der Waals surface area contributed by atoms with Crippen molar-refractivity contribution in [3.05, 3.63) is 58.1 Å². The molecule has 1 aromatic rings. The van der Waals surface area contributed by atoms with Crippen LogP contribution < -0.4 is 0 Å². The third kappa shape index (κ3) is 3.35. The Morgan fingerprint density at radius 1 is 1.27 bits per heavy atom. The second-order valence-electron chi connectivity index (χ2n) is 7.77. The van der Waals surface area contributed by atoms with Crippen LogP contribution in [0.3, 0.4) is 0 Å². The average Bonchev–Trinajstić information content (AvgIpc) is 3.26. The standard InChI is InChI=1S/C21H24BrNO3/c1-15(16-8-10-18(22)11-9-16)23-13-21(26-19(23)24,12-20(2)14-25-20)17-6-4-3-5-7-17/h4,6-11,15H,3,5,12-14H2,1-2H3/t15-,20?,21?/m0/s1. The second-order valence-corrected chi connectivity index (χ2v) is 8.69. The van der Waals surface area contributed by atoms with Gasteiger partial charge in [0.25, 0.3) is 0 Å². The maximum absolute atomic E-state index is 12.8. The van der Waals surface area contributed by atoms with Crippen molar-refractivity contribution in [2.24, 2.45) is 0 Å². The molecule has 1 amide bonds. The molecule has 0 spiro atoms. The Bertz CT molecular complexity index is 766. The van der Waals surface area contributed by atoms with Gasteiger partial charge < -0.3 is 9.47 Å². The van der Waals surface area contributed by atoms with Gasteiger partial charge in [0.05, 0.1) is 24.8 Å². The molecule has 4 rings (SSSR count). The Morgan fingerprint density at radius 2 is 2.00 bits per heavy atom. The van der Waals surface area contributed by atoms with Gasteiger partial charge in [-0.05, 0) is 50.0 Å². The molecule has 0 radical (unpaired) electrons. The van der Waals surface area contributed by atoms with Gasteiger partial charge in [0.1, 0.15) is 0 Å². The normalized spacial score (nSPS) is 31.6. The molecule has 138 valence electrons. The number of allylic oxidation sites excluding steroid dienone is 2. The summed E-state index contributed by atoms with van der Waals surface area (Å²) in [7, 11) is 0. The van der Waals surface area contributed by atoms with Crippen LogP contribution in [0.15, 0.2) is 52.5 Å². The monoisotopic (exact) mass is 417 g/mol. The lowest BCUT2D eigenvalue weighted by molar-refractivity contribution is 0.0612. The summed E-state index contributed by atoms with van der Waals surface area (Å²) in [6.45, 7) is 5.43. The highest BCUT2D eigenvalue weighted by Crippen LogP contribution is 2.46. The Hall–Kier alpha value is -1.59. The van der Waals surface area contributed by atoms with Crippen LogP contribution in [-0.2, 0) is 9.47 Å². The fraction of sp³-hybridized carbons (Fsp3) is 0.476.